The van der Waals surface area contributed by atoms with Crippen LogP contribution in [0, 0.1) is 0 Å². The minimum atomic E-state index is -0.474. The van der Waals surface area contributed by atoms with E-state index in [4.69, 9.17) is 13.9 Å². The zero-order valence-electron chi connectivity index (χ0n) is 16.2. The second-order valence-corrected chi connectivity index (χ2v) is 7.48. The Balaban J connectivity index is 1.49. The van der Waals surface area contributed by atoms with Crippen molar-refractivity contribution in [1.82, 2.24) is 19.7 Å². The summed E-state index contributed by atoms with van der Waals surface area (Å²) < 4.78 is 18.0. The number of hydrogen-bond acceptors (Lipinski definition) is 8. The van der Waals surface area contributed by atoms with E-state index in [9.17, 15) is 9.59 Å². The van der Waals surface area contributed by atoms with Crippen LogP contribution in [-0.2, 0) is 25.6 Å². The van der Waals surface area contributed by atoms with Crippen LogP contribution >= 0.6 is 11.8 Å². The predicted molar refractivity (Wildman–Crippen MR) is 102 cm³/mol. The van der Waals surface area contributed by atoms with Crippen molar-refractivity contribution >= 4 is 23.6 Å². The highest BCUT2D eigenvalue weighted by atomic mass is 32.2. The van der Waals surface area contributed by atoms with Crippen molar-refractivity contribution in [3.8, 4) is 11.6 Å². The molecule has 0 radical (unpaired) electrons. The lowest BCUT2D eigenvalue weighted by Crippen LogP contribution is -2.49. The Labute approximate surface area is 167 Å². The van der Waals surface area contributed by atoms with Crippen LogP contribution in [0.1, 0.15) is 20.8 Å². The number of rotatable bonds is 7. The molecule has 10 heteroatoms. The van der Waals surface area contributed by atoms with Crippen molar-refractivity contribution < 1.29 is 23.5 Å². The van der Waals surface area contributed by atoms with Crippen LogP contribution in [0.15, 0.2) is 28.0 Å². The quantitative estimate of drug-likeness (QED) is 0.505. The SMILES string of the molecule is CCn1c(SCC(=O)OCC(=O)N2C[C@@H](C)O[C@H](C)C2)nnc1-c1ccco1. The van der Waals surface area contributed by atoms with Gasteiger partial charge in [0.25, 0.3) is 5.91 Å². The number of morpholine rings is 1. The van der Waals surface area contributed by atoms with Crippen LogP contribution in [0.25, 0.3) is 11.6 Å². The summed E-state index contributed by atoms with van der Waals surface area (Å²) in [6, 6.07) is 3.58. The lowest BCUT2D eigenvalue weighted by molar-refractivity contribution is -0.155. The number of furan rings is 1. The van der Waals surface area contributed by atoms with E-state index in [0.717, 1.165) is 0 Å². The molecule has 1 aliphatic heterocycles. The van der Waals surface area contributed by atoms with Gasteiger partial charge in [-0.15, -0.1) is 10.2 Å². The number of carbonyl (C=O) groups excluding carboxylic acids is 2. The average Bonchev–Trinajstić information content (AvgIpc) is 3.32. The minimum absolute atomic E-state index is 0.0253. The maximum atomic E-state index is 12.3. The third kappa shape index (κ3) is 4.93. The van der Waals surface area contributed by atoms with Gasteiger partial charge in [0.05, 0.1) is 24.2 Å². The van der Waals surface area contributed by atoms with Gasteiger partial charge in [-0.25, -0.2) is 0 Å². The zero-order valence-corrected chi connectivity index (χ0v) is 17.0. The van der Waals surface area contributed by atoms with Gasteiger partial charge >= 0.3 is 5.97 Å². The fourth-order valence-electron chi connectivity index (χ4n) is 3.05. The molecule has 0 N–H and O–H groups in total. The fourth-order valence-corrected chi connectivity index (χ4v) is 3.85. The predicted octanol–water partition coefficient (Wildman–Crippen LogP) is 1.83. The molecule has 0 aliphatic carbocycles. The normalized spacial score (nSPS) is 19.6. The lowest BCUT2D eigenvalue weighted by Gasteiger charge is -2.35. The van der Waals surface area contributed by atoms with Crippen molar-refractivity contribution in [2.45, 2.75) is 44.7 Å². The smallest absolute Gasteiger partial charge is 0.316 e. The molecule has 2 aromatic heterocycles. The molecule has 2 atom stereocenters. The number of hydrogen-bond donors (Lipinski definition) is 0. The Morgan fingerprint density at radius 2 is 2.04 bits per heavy atom. The van der Waals surface area contributed by atoms with Crippen LogP contribution in [0.4, 0.5) is 0 Å². The highest BCUT2D eigenvalue weighted by molar-refractivity contribution is 7.99. The van der Waals surface area contributed by atoms with Crippen molar-refractivity contribution in [1.29, 1.82) is 0 Å². The van der Waals surface area contributed by atoms with Crippen LogP contribution in [-0.4, -0.2) is 69.2 Å². The third-order valence-corrected chi connectivity index (χ3v) is 5.16. The van der Waals surface area contributed by atoms with Crippen molar-refractivity contribution in [2.24, 2.45) is 0 Å². The van der Waals surface area contributed by atoms with Gasteiger partial charge in [0.1, 0.15) is 0 Å². The number of aromatic nitrogens is 3. The van der Waals surface area contributed by atoms with E-state index in [1.807, 2.05) is 25.3 Å². The Kier molecular flexibility index (Phi) is 6.74. The summed E-state index contributed by atoms with van der Waals surface area (Å²) in [7, 11) is 0. The highest BCUT2D eigenvalue weighted by Crippen LogP contribution is 2.24. The molecule has 9 nitrogen and oxygen atoms in total. The Hall–Kier alpha value is -2.33. The van der Waals surface area contributed by atoms with Gasteiger partial charge in [-0.3, -0.25) is 14.2 Å². The number of ether oxygens (including phenoxy) is 2. The first-order valence-corrected chi connectivity index (χ1v) is 10.1. The summed E-state index contributed by atoms with van der Waals surface area (Å²) >= 11 is 1.21. The topological polar surface area (TPSA) is 99.7 Å². The molecule has 28 heavy (non-hydrogen) atoms. The summed E-state index contributed by atoms with van der Waals surface area (Å²) in [6.07, 6.45) is 1.52. The zero-order chi connectivity index (χ0) is 20.1. The van der Waals surface area contributed by atoms with Crippen molar-refractivity contribution in [2.75, 3.05) is 25.4 Å². The molecule has 2 aromatic rings. The summed E-state index contributed by atoms with van der Waals surface area (Å²) in [5, 5.41) is 8.84. The largest absolute Gasteiger partial charge is 0.461 e. The van der Waals surface area contributed by atoms with E-state index < -0.39 is 5.97 Å². The second-order valence-electron chi connectivity index (χ2n) is 6.53. The first-order chi connectivity index (χ1) is 13.5. The molecule has 152 valence electrons. The second kappa shape index (κ2) is 9.24. The van der Waals surface area contributed by atoms with E-state index in [2.05, 4.69) is 10.2 Å². The number of amides is 1. The molecule has 0 aromatic carbocycles. The molecule has 1 fully saturated rings. The van der Waals surface area contributed by atoms with Gasteiger partial charge in [-0.1, -0.05) is 11.8 Å². The van der Waals surface area contributed by atoms with Gasteiger partial charge in [0, 0.05) is 19.6 Å². The maximum Gasteiger partial charge on any atom is 0.316 e. The van der Waals surface area contributed by atoms with Gasteiger partial charge in [-0.05, 0) is 32.9 Å². The van der Waals surface area contributed by atoms with Crippen molar-refractivity contribution in [3.05, 3.63) is 18.4 Å². The molecule has 0 unspecified atom stereocenters. The van der Waals surface area contributed by atoms with Gasteiger partial charge < -0.3 is 18.8 Å². The van der Waals surface area contributed by atoms with E-state index in [-0.39, 0.29) is 30.5 Å². The molecule has 0 bridgehead atoms. The minimum Gasteiger partial charge on any atom is -0.461 e. The highest BCUT2D eigenvalue weighted by Gasteiger charge is 2.26. The van der Waals surface area contributed by atoms with E-state index >= 15 is 0 Å². The molecular formula is C18H24N4O5S. The molecule has 0 spiro atoms. The lowest BCUT2D eigenvalue weighted by atomic mass is 10.2. The van der Waals surface area contributed by atoms with E-state index in [0.29, 0.717) is 36.4 Å². The van der Waals surface area contributed by atoms with Crippen LogP contribution in [0.2, 0.25) is 0 Å². The first kappa shape index (κ1) is 20.4. The molecule has 3 rings (SSSR count). The number of carbonyl (C=O) groups is 2. The molecular weight excluding hydrogens is 384 g/mol. The monoisotopic (exact) mass is 408 g/mol. The standard InChI is InChI=1S/C18H24N4O5S/c1-4-22-17(14-6-5-7-25-14)19-20-18(22)28-11-16(24)26-10-15(23)21-8-12(2)27-13(3)9-21/h5-7,12-13H,4,8-11H2,1-3H3/t12-,13-/m1/s1. The summed E-state index contributed by atoms with van der Waals surface area (Å²) in [4.78, 5) is 26.0. The average molecular weight is 408 g/mol. The number of nitrogens with zero attached hydrogens (tertiary/aromatic N) is 4. The van der Waals surface area contributed by atoms with Crippen LogP contribution in [0.5, 0.6) is 0 Å². The molecule has 1 saturated heterocycles. The third-order valence-electron chi connectivity index (χ3n) is 4.22. The fraction of sp³-hybridized carbons (Fsp3) is 0.556. The maximum absolute atomic E-state index is 12.3. The van der Waals surface area contributed by atoms with Crippen LogP contribution in [0.3, 0.4) is 0 Å². The van der Waals surface area contributed by atoms with Crippen LogP contribution < -0.4 is 0 Å². The molecule has 1 amide bonds. The molecule has 1 aliphatic rings. The Morgan fingerprint density at radius 3 is 2.68 bits per heavy atom. The van der Waals surface area contributed by atoms with E-state index in [1.165, 1.54) is 11.8 Å². The van der Waals surface area contributed by atoms with Crippen molar-refractivity contribution in [3.63, 3.8) is 0 Å². The Morgan fingerprint density at radius 1 is 1.29 bits per heavy atom. The molecule has 0 saturated carbocycles. The first-order valence-electron chi connectivity index (χ1n) is 9.16. The van der Waals surface area contributed by atoms with Gasteiger partial charge in [-0.2, -0.15) is 0 Å². The summed E-state index contributed by atoms with van der Waals surface area (Å²) in [6.45, 7) is 7.17. The van der Waals surface area contributed by atoms with Gasteiger partial charge in [0.2, 0.25) is 0 Å². The summed E-state index contributed by atoms with van der Waals surface area (Å²) in [5.74, 6) is 0.576. The Bertz CT molecular complexity index is 797. The van der Waals surface area contributed by atoms with E-state index in [1.54, 1.807) is 23.3 Å². The summed E-state index contributed by atoms with van der Waals surface area (Å²) in [5.41, 5.74) is 0. The number of thioether (sulfide) groups is 1. The number of esters is 1. The van der Waals surface area contributed by atoms with Gasteiger partial charge in [0.15, 0.2) is 23.3 Å². The molecule has 3 heterocycles.